The minimum absolute atomic E-state index is 0.0102. The molecule has 0 fully saturated rings. The summed E-state index contributed by atoms with van der Waals surface area (Å²) in [6.07, 6.45) is 0. The molecule has 40 heavy (non-hydrogen) atoms. The fourth-order valence-corrected chi connectivity index (χ4v) is 6.19. The fourth-order valence-electron chi connectivity index (χ4n) is 4.47. The van der Waals surface area contributed by atoms with Crippen molar-refractivity contribution < 1.29 is 17.6 Å². The van der Waals surface area contributed by atoms with Crippen LogP contribution in [0.3, 0.4) is 0 Å². The first kappa shape index (κ1) is 29.1. The van der Waals surface area contributed by atoms with Crippen LogP contribution in [0.5, 0.6) is 0 Å². The number of hydrogen-bond acceptors (Lipinski definition) is 0. The van der Waals surface area contributed by atoms with Gasteiger partial charge in [0.1, 0.15) is 11.6 Å². The van der Waals surface area contributed by atoms with E-state index < -0.39 is 28.8 Å². The van der Waals surface area contributed by atoms with Gasteiger partial charge in [-0.2, -0.15) is 0 Å². The average molecular weight is 661 g/mol. The summed E-state index contributed by atoms with van der Waals surface area (Å²) in [5, 5.41) is 0.614. The molecule has 0 aliphatic rings. The fraction of sp³-hybridized carbons (Fsp3) is 0. The van der Waals surface area contributed by atoms with Crippen molar-refractivity contribution in [3.63, 3.8) is 0 Å². The topological polar surface area (TPSA) is 0 Å². The van der Waals surface area contributed by atoms with Crippen LogP contribution in [0.2, 0.25) is 30.1 Å². The lowest BCUT2D eigenvalue weighted by Gasteiger charge is -2.24. The number of rotatable bonds is 4. The maximum atomic E-state index is 15.4. The molecule has 202 valence electrons. The Labute approximate surface area is 256 Å². The van der Waals surface area contributed by atoms with Gasteiger partial charge in [0.25, 0.3) is 0 Å². The standard InChI is InChI=1S/C30H12Cl6F4/c31-14-6-8-18(33)17(11-14)26-29(35)25(16-7-5-15(32)12-19(16)34)24(13-4-9-20(37)23(40)10-13)28(30(26)36)27-21(38)2-1-3-22(27)39/h1-12H. The van der Waals surface area contributed by atoms with Gasteiger partial charge in [-0.25, -0.2) is 17.6 Å². The van der Waals surface area contributed by atoms with Gasteiger partial charge in [-0.3, -0.25) is 0 Å². The SMILES string of the molecule is Fc1ccc(-c2c(-c3ccc(Cl)cc3Cl)c(Cl)c(-c3cc(Cl)ccc3Cl)c(Cl)c2-c2c(F)cccc2F)cc1F. The van der Waals surface area contributed by atoms with Gasteiger partial charge >= 0.3 is 0 Å². The molecular weight excluding hydrogens is 649 g/mol. The van der Waals surface area contributed by atoms with Crippen molar-refractivity contribution in [2.24, 2.45) is 0 Å². The lowest BCUT2D eigenvalue weighted by molar-refractivity contribution is 0.509. The molecule has 5 aromatic carbocycles. The second kappa shape index (κ2) is 11.4. The summed E-state index contributed by atoms with van der Waals surface area (Å²) in [5.41, 5.74) is 0.00183. The van der Waals surface area contributed by atoms with Crippen molar-refractivity contribution in [1.29, 1.82) is 0 Å². The highest BCUT2D eigenvalue weighted by atomic mass is 35.5. The van der Waals surface area contributed by atoms with Crippen molar-refractivity contribution in [3.05, 3.63) is 126 Å². The first-order chi connectivity index (χ1) is 19.0. The molecule has 0 saturated carbocycles. The van der Waals surface area contributed by atoms with Gasteiger partial charge in [-0.15, -0.1) is 0 Å². The van der Waals surface area contributed by atoms with Gasteiger partial charge in [-0.05, 0) is 60.2 Å². The summed E-state index contributed by atoms with van der Waals surface area (Å²) in [5.74, 6) is -4.28. The molecule has 0 atom stereocenters. The van der Waals surface area contributed by atoms with E-state index >= 15 is 8.78 Å². The first-order valence-electron chi connectivity index (χ1n) is 11.3. The van der Waals surface area contributed by atoms with E-state index in [9.17, 15) is 8.78 Å². The summed E-state index contributed by atoms with van der Waals surface area (Å²) in [4.78, 5) is 0. The number of halogens is 10. The Hall–Kier alpha value is -2.44. The van der Waals surface area contributed by atoms with Crippen molar-refractivity contribution in [2.75, 3.05) is 0 Å². The lowest BCUT2D eigenvalue weighted by Crippen LogP contribution is -2.01. The maximum Gasteiger partial charge on any atom is 0.159 e. The molecule has 0 aliphatic heterocycles. The van der Waals surface area contributed by atoms with Gasteiger partial charge < -0.3 is 0 Å². The third kappa shape index (κ3) is 5.18. The van der Waals surface area contributed by atoms with E-state index in [-0.39, 0.29) is 64.1 Å². The smallest absolute Gasteiger partial charge is 0.159 e. The molecule has 5 rings (SSSR count). The third-order valence-electron chi connectivity index (χ3n) is 6.20. The molecule has 0 heterocycles. The van der Waals surface area contributed by atoms with Crippen LogP contribution in [-0.2, 0) is 0 Å². The summed E-state index contributed by atoms with van der Waals surface area (Å²) < 4.78 is 59.5. The molecule has 10 heteroatoms. The number of hydrogen-bond donors (Lipinski definition) is 0. The minimum atomic E-state index is -1.21. The van der Waals surface area contributed by atoms with E-state index in [0.717, 1.165) is 24.3 Å². The zero-order valence-corrected chi connectivity index (χ0v) is 24.2. The van der Waals surface area contributed by atoms with E-state index in [1.165, 1.54) is 42.5 Å². The largest absolute Gasteiger partial charge is 0.206 e. The van der Waals surface area contributed by atoms with Crippen LogP contribution in [0.25, 0.3) is 44.5 Å². The molecule has 0 aromatic heterocycles. The maximum absolute atomic E-state index is 15.4. The van der Waals surface area contributed by atoms with E-state index in [1.807, 2.05) is 0 Å². The Morgan fingerprint density at radius 2 is 1.02 bits per heavy atom. The Balaban J connectivity index is 2.09. The molecule has 0 radical (unpaired) electrons. The van der Waals surface area contributed by atoms with Crippen LogP contribution in [0.1, 0.15) is 0 Å². The quantitative estimate of drug-likeness (QED) is 0.168. The highest BCUT2D eigenvalue weighted by Gasteiger charge is 2.30. The second-order valence-electron chi connectivity index (χ2n) is 8.60. The first-order valence-corrected chi connectivity index (χ1v) is 13.6. The van der Waals surface area contributed by atoms with Crippen LogP contribution >= 0.6 is 69.6 Å². The Kier molecular flexibility index (Phi) is 8.32. The van der Waals surface area contributed by atoms with Gasteiger partial charge in [0.05, 0.1) is 15.6 Å². The van der Waals surface area contributed by atoms with E-state index in [2.05, 4.69) is 0 Å². The van der Waals surface area contributed by atoms with Crippen molar-refractivity contribution >= 4 is 69.6 Å². The Morgan fingerprint density at radius 3 is 1.68 bits per heavy atom. The summed E-state index contributed by atoms with van der Waals surface area (Å²) >= 11 is 39.5. The lowest BCUT2D eigenvalue weighted by atomic mass is 9.84. The van der Waals surface area contributed by atoms with Crippen LogP contribution in [0.4, 0.5) is 17.6 Å². The highest BCUT2D eigenvalue weighted by molar-refractivity contribution is 6.46. The zero-order chi connectivity index (χ0) is 28.9. The number of benzene rings is 5. The Morgan fingerprint density at radius 1 is 0.400 bits per heavy atom. The zero-order valence-electron chi connectivity index (χ0n) is 19.7. The molecule has 0 aliphatic carbocycles. The predicted molar refractivity (Wildman–Crippen MR) is 158 cm³/mol. The van der Waals surface area contributed by atoms with Gasteiger partial charge in [0, 0.05) is 53.5 Å². The third-order valence-corrected chi connectivity index (χ3v) is 8.07. The monoisotopic (exact) mass is 658 g/mol. The van der Waals surface area contributed by atoms with Crippen LogP contribution in [-0.4, -0.2) is 0 Å². The molecule has 5 aromatic rings. The van der Waals surface area contributed by atoms with E-state index in [0.29, 0.717) is 5.02 Å². The molecule has 0 amide bonds. The molecule has 0 saturated heterocycles. The normalized spacial score (nSPS) is 11.2. The molecule has 0 N–H and O–H groups in total. The van der Waals surface area contributed by atoms with Gasteiger partial charge in [0.15, 0.2) is 11.6 Å². The molecule has 0 unspecified atom stereocenters. The van der Waals surface area contributed by atoms with Crippen molar-refractivity contribution in [3.8, 4) is 44.5 Å². The van der Waals surface area contributed by atoms with E-state index in [4.69, 9.17) is 69.6 Å². The van der Waals surface area contributed by atoms with Crippen molar-refractivity contribution in [1.82, 2.24) is 0 Å². The predicted octanol–water partition coefficient (Wildman–Crippen LogP) is 12.8. The molecule has 0 nitrogen and oxygen atoms in total. The summed E-state index contributed by atoms with van der Waals surface area (Å²) in [6, 6.07) is 15.3. The van der Waals surface area contributed by atoms with Gasteiger partial charge in [-0.1, -0.05) is 87.8 Å². The summed E-state index contributed by atoms with van der Waals surface area (Å²) in [6.45, 7) is 0. The van der Waals surface area contributed by atoms with Crippen LogP contribution < -0.4 is 0 Å². The van der Waals surface area contributed by atoms with E-state index in [1.54, 1.807) is 6.07 Å². The molecular formula is C30H12Cl6F4. The van der Waals surface area contributed by atoms with Crippen molar-refractivity contribution in [2.45, 2.75) is 0 Å². The van der Waals surface area contributed by atoms with Gasteiger partial charge in [0.2, 0.25) is 0 Å². The molecule has 0 spiro atoms. The average Bonchev–Trinajstić information content (AvgIpc) is 2.89. The second-order valence-corrected chi connectivity index (χ2v) is 11.0. The van der Waals surface area contributed by atoms with Crippen LogP contribution in [0, 0.1) is 23.3 Å². The van der Waals surface area contributed by atoms with Crippen LogP contribution in [0.15, 0.2) is 72.8 Å². The summed E-state index contributed by atoms with van der Waals surface area (Å²) in [7, 11) is 0. The molecule has 0 bridgehead atoms. The minimum Gasteiger partial charge on any atom is -0.206 e. The highest BCUT2D eigenvalue weighted by Crippen LogP contribution is 2.55. The Bertz CT molecular complexity index is 1800.